The van der Waals surface area contributed by atoms with Crippen LogP contribution in [0.25, 0.3) is 0 Å². The number of hydrogen-bond donors (Lipinski definition) is 0. The Labute approximate surface area is 116 Å². The third-order valence-electron chi connectivity index (χ3n) is 3.66. The lowest BCUT2D eigenvalue weighted by Crippen LogP contribution is -2.56. The highest BCUT2D eigenvalue weighted by atomic mass is 35.5. The molecule has 0 radical (unpaired) electrons. The molecule has 2 aliphatic heterocycles. The smallest absolute Gasteiger partial charge is 0.202 e. The molecule has 2 saturated heterocycles. The summed E-state index contributed by atoms with van der Waals surface area (Å²) in [5.74, 6) is 0.297. The maximum absolute atomic E-state index is 14.0. The summed E-state index contributed by atoms with van der Waals surface area (Å²) in [7, 11) is 0. The molecule has 0 N–H and O–H groups in total. The number of rotatable bonds is 2. The SMILES string of the molecule is Cc1nc(Cl)c(F)c(N2CCN(C3COC3)CC2)n1. The van der Waals surface area contributed by atoms with Crippen LogP contribution >= 0.6 is 11.6 Å². The fourth-order valence-corrected chi connectivity index (χ4v) is 2.66. The molecule has 3 heterocycles. The Morgan fingerprint density at radius 2 is 1.89 bits per heavy atom. The molecular formula is C12H16ClFN4O. The van der Waals surface area contributed by atoms with Gasteiger partial charge in [-0.25, -0.2) is 9.97 Å². The first-order chi connectivity index (χ1) is 9.15. The van der Waals surface area contributed by atoms with Crippen molar-refractivity contribution in [3.8, 4) is 0 Å². The Balaban J connectivity index is 1.71. The van der Waals surface area contributed by atoms with E-state index in [4.69, 9.17) is 16.3 Å². The van der Waals surface area contributed by atoms with Crippen molar-refractivity contribution in [1.29, 1.82) is 0 Å². The van der Waals surface area contributed by atoms with Crippen LogP contribution in [0.2, 0.25) is 5.15 Å². The van der Waals surface area contributed by atoms with E-state index in [9.17, 15) is 4.39 Å². The van der Waals surface area contributed by atoms with E-state index in [1.165, 1.54) is 0 Å². The summed E-state index contributed by atoms with van der Waals surface area (Å²) in [6.07, 6.45) is 0. The average Bonchev–Trinajstić information content (AvgIpc) is 2.33. The minimum absolute atomic E-state index is 0.0997. The van der Waals surface area contributed by atoms with E-state index in [1.54, 1.807) is 6.92 Å². The van der Waals surface area contributed by atoms with Gasteiger partial charge in [-0.2, -0.15) is 4.39 Å². The summed E-state index contributed by atoms with van der Waals surface area (Å²) >= 11 is 5.77. The Hall–Kier alpha value is -0.980. The van der Waals surface area contributed by atoms with Crippen LogP contribution in [-0.2, 0) is 4.74 Å². The fourth-order valence-electron chi connectivity index (χ4n) is 2.45. The van der Waals surface area contributed by atoms with Gasteiger partial charge in [-0.15, -0.1) is 0 Å². The zero-order valence-electron chi connectivity index (χ0n) is 10.8. The van der Waals surface area contributed by atoms with Gasteiger partial charge >= 0.3 is 0 Å². The lowest BCUT2D eigenvalue weighted by Gasteiger charge is -2.42. The molecule has 0 bridgehead atoms. The fraction of sp³-hybridized carbons (Fsp3) is 0.667. The minimum atomic E-state index is -0.521. The standard InChI is InChI=1S/C12H16ClFN4O/c1-8-15-11(13)10(14)12(16-8)18-4-2-17(3-5-18)9-6-19-7-9/h9H,2-7H2,1H3. The number of anilines is 1. The molecule has 0 amide bonds. The molecule has 0 aliphatic carbocycles. The first-order valence-electron chi connectivity index (χ1n) is 6.41. The van der Waals surface area contributed by atoms with Crippen LogP contribution in [0.1, 0.15) is 5.82 Å². The van der Waals surface area contributed by atoms with Crippen LogP contribution in [0.3, 0.4) is 0 Å². The van der Waals surface area contributed by atoms with Gasteiger partial charge < -0.3 is 9.64 Å². The molecule has 1 aromatic rings. The van der Waals surface area contributed by atoms with E-state index in [1.807, 2.05) is 4.90 Å². The number of aryl methyl sites for hydroxylation is 1. The number of hydrogen-bond acceptors (Lipinski definition) is 5. The van der Waals surface area contributed by atoms with Crippen molar-refractivity contribution in [2.24, 2.45) is 0 Å². The number of ether oxygens (including phenoxy) is 1. The van der Waals surface area contributed by atoms with Crippen LogP contribution in [-0.4, -0.2) is 60.3 Å². The summed E-state index contributed by atoms with van der Waals surface area (Å²) in [6, 6.07) is 0.530. The molecule has 1 aromatic heterocycles. The number of piperazine rings is 1. The predicted molar refractivity (Wildman–Crippen MR) is 70.1 cm³/mol. The second kappa shape index (κ2) is 5.19. The maximum atomic E-state index is 14.0. The van der Waals surface area contributed by atoms with Gasteiger partial charge in [-0.3, -0.25) is 4.90 Å². The van der Waals surface area contributed by atoms with Crippen LogP contribution in [0, 0.1) is 12.7 Å². The molecule has 0 unspecified atom stereocenters. The highest BCUT2D eigenvalue weighted by molar-refractivity contribution is 6.29. The molecule has 0 aromatic carbocycles. The second-order valence-electron chi connectivity index (χ2n) is 4.91. The summed E-state index contributed by atoms with van der Waals surface area (Å²) in [6.45, 7) is 6.64. The van der Waals surface area contributed by atoms with Crippen molar-refractivity contribution in [1.82, 2.24) is 14.9 Å². The second-order valence-corrected chi connectivity index (χ2v) is 5.27. The molecule has 2 fully saturated rings. The third-order valence-corrected chi connectivity index (χ3v) is 3.91. The topological polar surface area (TPSA) is 41.5 Å². The number of aromatic nitrogens is 2. The molecule has 0 saturated carbocycles. The average molecular weight is 287 g/mol. The number of halogens is 2. The predicted octanol–water partition coefficient (Wildman–Crippen LogP) is 1.10. The van der Waals surface area contributed by atoms with Crippen molar-refractivity contribution in [2.45, 2.75) is 13.0 Å². The Bertz CT molecular complexity index is 475. The van der Waals surface area contributed by atoms with Gasteiger partial charge in [0.1, 0.15) is 5.82 Å². The van der Waals surface area contributed by atoms with Crippen LogP contribution in [0.5, 0.6) is 0 Å². The van der Waals surface area contributed by atoms with Gasteiger partial charge in [-0.05, 0) is 6.92 Å². The van der Waals surface area contributed by atoms with Crippen molar-refractivity contribution >= 4 is 17.4 Å². The van der Waals surface area contributed by atoms with Crippen molar-refractivity contribution in [3.63, 3.8) is 0 Å². The Kier molecular flexibility index (Phi) is 3.56. The first-order valence-corrected chi connectivity index (χ1v) is 6.79. The molecule has 104 valence electrons. The number of nitrogens with zero attached hydrogens (tertiary/aromatic N) is 4. The Morgan fingerprint density at radius 1 is 1.21 bits per heavy atom. The van der Waals surface area contributed by atoms with Crippen molar-refractivity contribution in [2.75, 3.05) is 44.3 Å². The molecule has 5 nitrogen and oxygen atoms in total. The molecule has 0 spiro atoms. The first kappa shape index (κ1) is 13.0. The molecule has 0 atom stereocenters. The van der Waals surface area contributed by atoms with E-state index >= 15 is 0 Å². The third kappa shape index (κ3) is 2.52. The lowest BCUT2D eigenvalue weighted by atomic mass is 10.2. The van der Waals surface area contributed by atoms with Gasteiger partial charge in [0.2, 0.25) is 5.82 Å². The zero-order valence-corrected chi connectivity index (χ0v) is 11.5. The van der Waals surface area contributed by atoms with Gasteiger partial charge in [0.15, 0.2) is 11.0 Å². The normalized spacial score (nSPS) is 21.5. The monoisotopic (exact) mass is 286 g/mol. The van der Waals surface area contributed by atoms with Crippen LogP contribution in [0.15, 0.2) is 0 Å². The van der Waals surface area contributed by atoms with E-state index < -0.39 is 5.82 Å². The van der Waals surface area contributed by atoms with Gasteiger partial charge in [0.25, 0.3) is 0 Å². The van der Waals surface area contributed by atoms with Crippen molar-refractivity contribution in [3.05, 3.63) is 16.8 Å². The molecular weight excluding hydrogens is 271 g/mol. The van der Waals surface area contributed by atoms with Gasteiger partial charge in [0, 0.05) is 26.2 Å². The van der Waals surface area contributed by atoms with Gasteiger partial charge in [0.05, 0.1) is 19.3 Å². The quantitative estimate of drug-likeness (QED) is 0.762. The summed E-state index contributed by atoms with van der Waals surface area (Å²) in [5.41, 5.74) is 0. The van der Waals surface area contributed by atoms with Crippen molar-refractivity contribution < 1.29 is 9.13 Å². The largest absolute Gasteiger partial charge is 0.378 e. The van der Waals surface area contributed by atoms with E-state index in [-0.39, 0.29) is 5.15 Å². The van der Waals surface area contributed by atoms with E-state index in [0.717, 1.165) is 39.4 Å². The molecule has 2 aliphatic rings. The lowest BCUT2D eigenvalue weighted by molar-refractivity contribution is -0.0661. The minimum Gasteiger partial charge on any atom is -0.378 e. The van der Waals surface area contributed by atoms with E-state index in [2.05, 4.69) is 14.9 Å². The van der Waals surface area contributed by atoms with Crippen LogP contribution < -0.4 is 4.90 Å². The highest BCUT2D eigenvalue weighted by Crippen LogP contribution is 2.24. The summed E-state index contributed by atoms with van der Waals surface area (Å²) in [4.78, 5) is 12.3. The molecule has 3 rings (SSSR count). The Morgan fingerprint density at radius 3 is 2.47 bits per heavy atom. The van der Waals surface area contributed by atoms with Crippen LogP contribution in [0.4, 0.5) is 10.2 Å². The summed E-state index contributed by atoms with van der Waals surface area (Å²) in [5, 5.41) is -0.0997. The highest BCUT2D eigenvalue weighted by Gasteiger charge is 2.30. The molecule has 7 heteroatoms. The summed E-state index contributed by atoms with van der Waals surface area (Å²) < 4.78 is 19.2. The van der Waals surface area contributed by atoms with E-state index in [0.29, 0.717) is 17.7 Å². The zero-order chi connectivity index (χ0) is 13.4. The maximum Gasteiger partial charge on any atom is 0.202 e. The molecule has 19 heavy (non-hydrogen) atoms. The van der Waals surface area contributed by atoms with Gasteiger partial charge in [-0.1, -0.05) is 11.6 Å².